The first-order valence-corrected chi connectivity index (χ1v) is 7.41. The van der Waals surface area contributed by atoms with Gasteiger partial charge in [0, 0.05) is 13.7 Å². The molecule has 0 bridgehead atoms. The van der Waals surface area contributed by atoms with Crippen molar-refractivity contribution < 1.29 is 9.47 Å². The lowest BCUT2D eigenvalue weighted by atomic mass is 9.94. The van der Waals surface area contributed by atoms with Crippen LogP contribution in [0.15, 0.2) is 30.4 Å². The van der Waals surface area contributed by atoms with Gasteiger partial charge in [-0.05, 0) is 49.8 Å². The van der Waals surface area contributed by atoms with Crippen LogP contribution in [-0.4, -0.2) is 26.9 Å². The zero-order valence-corrected chi connectivity index (χ0v) is 12.5. The summed E-state index contributed by atoms with van der Waals surface area (Å²) in [5.41, 5.74) is 2.30. The number of allylic oxidation sites excluding steroid dienone is 2. The Labute approximate surface area is 122 Å². The molecular formula is C17H25NO2. The minimum absolute atomic E-state index is 0.584. The van der Waals surface area contributed by atoms with E-state index in [1.807, 2.05) is 0 Å². The van der Waals surface area contributed by atoms with Crippen LogP contribution < -0.4 is 10.1 Å². The van der Waals surface area contributed by atoms with Crippen LogP contribution in [0.25, 0.3) is 0 Å². The summed E-state index contributed by atoms with van der Waals surface area (Å²) >= 11 is 0. The van der Waals surface area contributed by atoms with Gasteiger partial charge in [0.1, 0.15) is 12.4 Å². The topological polar surface area (TPSA) is 30.5 Å². The molecule has 20 heavy (non-hydrogen) atoms. The molecule has 0 aromatic heterocycles. The average Bonchev–Trinajstić information content (AvgIpc) is 2.48. The number of benzene rings is 1. The quantitative estimate of drug-likeness (QED) is 0.606. The van der Waals surface area contributed by atoms with Crippen molar-refractivity contribution in [3.05, 3.63) is 35.9 Å². The van der Waals surface area contributed by atoms with Crippen molar-refractivity contribution in [3.8, 4) is 5.75 Å². The SMILES string of the molecule is COCCOc1cc(C)ccc1NCC1CC=CCC1. The highest BCUT2D eigenvalue weighted by Gasteiger charge is 2.11. The Morgan fingerprint density at radius 1 is 1.25 bits per heavy atom. The van der Waals surface area contributed by atoms with Crippen molar-refractivity contribution in [2.24, 2.45) is 5.92 Å². The molecule has 3 nitrogen and oxygen atoms in total. The Hall–Kier alpha value is -1.48. The predicted molar refractivity (Wildman–Crippen MR) is 83.5 cm³/mol. The number of hydrogen-bond donors (Lipinski definition) is 1. The van der Waals surface area contributed by atoms with Gasteiger partial charge < -0.3 is 14.8 Å². The second-order valence-corrected chi connectivity index (χ2v) is 5.37. The van der Waals surface area contributed by atoms with Gasteiger partial charge in [0.25, 0.3) is 0 Å². The zero-order valence-electron chi connectivity index (χ0n) is 12.5. The fourth-order valence-corrected chi connectivity index (χ4v) is 2.43. The van der Waals surface area contributed by atoms with E-state index in [1.165, 1.54) is 24.8 Å². The summed E-state index contributed by atoms with van der Waals surface area (Å²) in [5, 5.41) is 3.54. The summed E-state index contributed by atoms with van der Waals surface area (Å²) in [4.78, 5) is 0. The van der Waals surface area contributed by atoms with Gasteiger partial charge in [0.2, 0.25) is 0 Å². The first-order chi connectivity index (χ1) is 9.79. The van der Waals surface area contributed by atoms with Crippen LogP contribution in [0, 0.1) is 12.8 Å². The molecule has 0 heterocycles. The van der Waals surface area contributed by atoms with Crippen molar-refractivity contribution >= 4 is 5.69 Å². The average molecular weight is 275 g/mol. The van der Waals surface area contributed by atoms with E-state index in [-0.39, 0.29) is 0 Å². The molecule has 0 saturated heterocycles. The molecule has 3 heteroatoms. The Morgan fingerprint density at radius 3 is 2.90 bits per heavy atom. The van der Waals surface area contributed by atoms with Gasteiger partial charge in [-0.1, -0.05) is 18.2 Å². The Balaban J connectivity index is 1.93. The minimum Gasteiger partial charge on any atom is -0.489 e. The van der Waals surface area contributed by atoms with Gasteiger partial charge in [-0.2, -0.15) is 0 Å². The maximum absolute atomic E-state index is 5.80. The molecule has 1 atom stereocenters. The molecule has 1 unspecified atom stereocenters. The number of rotatable bonds is 7. The molecule has 0 spiro atoms. The van der Waals surface area contributed by atoms with E-state index in [0.717, 1.165) is 23.9 Å². The highest BCUT2D eigenvalue weighted by molar-refractivity contribution is 5.57. The maximum Gasteiger partial charge on any atom is 0.142 e. The van der Waals surface area contributed by atoms with Crippen LogP contribution in [0.3, 0.4) is 0 Å². The number of anilines is 1. The largest absolute Gasteiger partial charge is 0.489 e. The van der Waals surface area contributed by atoms with Crippen molar-refractivity contribution in [3.63, 3.8) is 0 Å². The van der Waals surface area contributed by atoms with Gasteiger partial charge in [0.15, 0.2) is 0 Å². The monoisotopic (exact) mass is 275 g/mol. The summed E-state index contributed by atoms with van der Waals surface area (Å²) in [6, 6.07) is 6.31. The van der Waals surface area contributed by atoms with E-state index < -0.39 is 0 Å². The third-order valence-electron chi connectivity index (χ3n) is 3.64. The molecular weight excluding hydrogens is 250 g/mol. The lowest BCUT2D eigenvalue weighted by Gasteiger charge is -2.20. The van der Waals surface area contributed by atoms with Crippen LogP contribution in [0.5, 0.6) is 5.75 Å². The predicted octanol–water partition coefficient (Wildman–Crippen LogP) is 3.79. The van der Waals surface area contributed by atoms with E-state index in [4.69, 9.17) is 9.47 Å². The Morgan fingerprint density at radius 2 is 2.15 bits per heavy atom. The van der Waals surface area contributed by atoms with Crippen molar-refractivity contribution in [1.82, 2.24) is 0 Å². The van der Waals surface area contributed by atoms with E-state index in [2.05, 4.69) is 42.6 Å². The lowest BCUT2D eigenvalue weighted by molar-refractivity contribution is 0.146. The second-order valence-electron chi connectivity index (χ2n) is 5.37. The standard InChI is InChI=1S/C17H25NO2/c1-14-8-9-16(17(12-14)20-11-10-19-2)18-13-15-6-4-3-5-7-15/h3-4,8-9,12,15,18H,5-7,10-11,13H2,1-2H3. The Kier molecular flexibility index (Phi) is 5.93. The molecule has 0 saturated carbocycles. The van der Waals surface area contributed by atoms with Gasteiger partial charge in [-0.3, -0.25) is 0 Å². The summed E-state index contributed by atoms with van der Waals surface area (Å²) in [5.74, 6) is 1.65. The van der Waals surface area contributed by atoms with E-state index in [0.29, 0.717) is 13.2 Å². The van der Waals surface area contributed by atoms with Crippen LogP contribution in [0.1, 0.15) is 24.8 Å². The fraction of sp³-hybridized carbons (Fsp3) is 0.529. The lowest BCUT2D eigenvalue weighted by Crippen LogP contribution is -2.16. The highest BCUT2D eigenvalue weighted by Crippen LogP contribution is 2.27. The second kappa shape index (κ2) is 7.95. The molecule has 1 aliphatic rings. The van der Waals surface area contributed by atoms with E-state index in [9.17, 15) is 0 Å². The number of ether oxygens (including phenoxy) is 2. The number of methoxy groups -OCH3 is 1. The number of nitrogens with one attached hydrogen (secondary N) is 1. The van der Waals surface area contributed by atoms with Crippen LogP contribution in [0.2, 0.25) is 0 Å². The molecule has 0 aliphatic heterocycles. The van der Waals surface area contributed by atoms with E-state index >= 15 is 0 Å². The molecule has 110 valence electrons. The molecule has 0 radical (unpaired) electrons. The summed E-state index contributed by atoms with van der Waals surface area (Å²) in [7, 11) is 1.69. The first kappa shape index (κ1) is 14.9. The highest BCUT2D eigenvalue weighted by atomic mass is 16.5. The summed E-state index contributed by atoms with van der Waals surface area (Å²) < 4.78 is 10.8. The van der Waals surface area contributed by atoms with Gasteiger partial charge >= 0.3 is 0 Å². The fourth-order valence-electron chi connectivity index (χ4n) is 2.43. The molecule has 0 amide bonds. The van der Waals surface area contributed by atoms with Crippen molar-refractivity contribution in [1.29, 1.82) is 0 Å². The Bertz CT molecular complexity index is 443. The summed E-state index contributed by atoms with van der Waals surface area (Å²) in [6.07, 6.45) is 8.23. The number of aryl methyl sites for hydroxylation is 1. The third-order valence-corrected chi connectivity index (χ3v) is 3.64. The van der Waals surface area contributed by atoms with Gasteiger partial charge in [-0.15, -0.1) is 0 Å². The smallest absolute Gasteiger partial charge is 0.142 e. The van der Waals surface area contributed by atoms with Gasteiger partial charge in [0.05, 0.1) is 12.3 Å². The normalized spacial score (nSPS) is 18.0. The molecule has 0 fully saturated rings. The molecule has 1 aromatic carbocycles. The summed E-state index contributed by atoms with van der Waals surface area (Å²) in [6.45, 7) is 4.29. The third kappa shape index (κ3) is 4.57. The number of hydrogen-bond acceptors (Lipinski definition) is 3. The van der Waals surface area contributed by atoms with Crippen molar-refractivity contribution in [2.45, 2.75) is 26.2 Å². The van der Waals surface area contributed by atoms with E-state index in [1.54, 1.807) is 7.11 Å². The van der Waals surface area contributed by atoms with Crippen molar-refractivity contribution in [2.75, 3.05) is 32.2 Å². The molecule has 1 aromatic rings. The minimum atomic E-state index is 0.584. The van der Waals surface area contributed by atoms with Crippen LogP contribution >= 0.6 is 0 Å². The molecule has 1 aliphatic carbocycles. The molecule has 2 rings (SSSR count). The first-order valence-electron chi connectivity index (χ1n) is 7.41. The van der Waals surface area contributed by atoms with Crippen LogP contribution in [-0.2, 0) is 4.74 Å². The zero-order chi connectivity index (χ0) is 14.2. The molecule has 1 N–H and O–H groups in total. The van der Waals surface area contributed by atoms with Gasteiger partial charge in [-0.25, -0.2) is 0 Å². The maximum atomic E-state index is 5.80. The van der Waals surface area contributed by atoms with Crippen LogP contribution in [0.4, 0.5) is 5.69 Å².